The zero-order valence-corrected chi connectivity index (χ0v) is 14.5. The van der Waals surface area contributed by atoms with Gasteiger partial charge < -0.3 is 0 Å². The Kier molecular flexibility index (Phi) is 5.03. The zero-order chi connectivity index (χ0) is 17.9. The van der Waals surface area contributed by atoms with E-state index in [1.165, 1.54) is 0 Å². The maximum absolute atomic E-state index is 12.1. The number of carbonyl (C=O) groups excluding carboxylic acids is 2. The van der Waals surface area contributed by atoms with Crippen molar-refractivity contribution in [2.75, 3.05) is 11.5 Å². The van der Waals surface area contributed by atoms with Crippen molar-refractivity contribution < 1.29 is 18.0 Å². The van der Waals surface area contributed by atoms with Crippen LogP contribution < -0.4 is 10.9 Å². The molecule has 0 radical (unpaired) electrons. The summed E-state index contributed by atoms with van der Waals surface area (Å²) in [5.74, 6) is -0.667. The minimum Gasteiger partial charge on any atom is -0.273 e. The van der Waals surface area contributed by atoms with E-state index in [0.717, 1.165) is 16.3 Å². The van der Waals surface area contributed by atoms with Gasteiger partial charge in [-0.05, 0) is 28.7 Å². The summed E-state index contributed by atoms with van der Waals surface area (Å²) in [6, 6.07) is 13.5. The summed E-state index contributed by atoms with van der Waals surface area (Å²) >= 11 is 0. The Bertz CT molecular complexity index is 903. The molecule has 1 aliphatic heterocycles. The number of nitrogens with one attached hydrogen (secondary N) is 2. The van der Waals surface area contributed by atoms with Gasteiger partial charge in [0.1, 0.15) is 0 Å². The molecule has 2 N–H and O–H groups in total. The molecule has 7 heteroatoms. The lowest BCUT2D eigenvalue weighted by Crippen LogP contribution is -2.43. The molecular weight excluding hydrogens is 340 g/mol. The van der Waals surface area contributed by atoms with Crippen LogP contribution in [0.15, 0.2) is 42.5 Å². The van der Waals surface area contributed by atoms with Crippen molar-refractivity contribution in [3.63, 3.8) is 0 Å². The van der Waals surface area contributed by atoms with Crippen molar-refractivity contribution in [1.29, 1.82) is 0 Å². The van der Waals surface area contributed by atoms with Gasteiger partial charge in [-0.15, -0.1) is 0 Å². The standard InChI is InChI=1S/C18H20N2O4S/c21-17(10-13-8-9-25(23,24)12-13)19-20-18(22)11-15-6-3-5-14-4-1-2-7-16(14)15/h1-7,13H,8-12H2,(H,19,21)(H,20,22)/t13-/m0/s1. The molecule has 2 aromatic rings. The fraction of sp³-hybridized carbons (Fsp3) is 0.333. The van der Waals surface area contributed by atoms with E-state index < -0.39 is 9.84 Å². The molecule has 2 aromatic carbocycles. The van der Waals surface area contributed by atoms with Crippen molar-refractivity contribution in [3.8, 4) is 0 Å². The molecule has 0 saturated carbocycles. The highest BCUT2D eigenvalue weighted by atomic mass is 32.2. The van der Waals surface area contributed by atoms with Gasteiger partial charge in [-0.1, -0.05) is 42.5 Å². The molecule has 1 heterocycles. The smallest absolute Gasteiger partial charge is 0.242 e. The molecule has 1 aliphatic rings. The molecule has 132 valence electrons. The third-order valence-electron chi connectivity index (χ3n) is 4.37. The van der Waals surface area contributed by atoms with E-state index in [0.29, 0.717) is 6.42 Å². The normalized spacial score (nSPS) is 18.8. The molecule has 3 rings (SSSR count). The summed E-state index contributed by atoms with van der Waals surface area (Å²) in [6.07, 6.45) is 0.757. The van der Waals surface area contributed by atoms with Crippen LogP contribution in [-0.2, 0) is 25.8 Å². The summed E-state index contributed by atoms with van der Waals surface area (Å²) in [6.45, 7) is 0. The maximum atomic E-state index is 12.1. The predicted octanol–water partition coefficient (Wildman–Crippen LogP) is 1.35. The Balaban J connectivity index is 1.52. The Morgan fingerprint density at radius 2 is 1.72 bits per heavy atom. The van der Waals surface area contributed by atoms with Gasteiger partial charge in [0, 0.05) is 6.42 Å². The Morgan fingerprint density at radius 3 is 2.48 bits per heavy atom. The highest BCUT2D eigenvalue weighted by Crippen LogP contribution is 2.21. The van der Waals surface area contributed by atoms with Crippen LogP contribution in [0.1, 0.15) is 18.4 Å². The van der Waals surface area contributed by atoms with Crippen molar-refractivity contribution in [2.24, 2.45) is 5.92 Å². The molecular formula is C18H20N2O4S. The Labute approximate surface area is 146 Å². The van der Waals surface area contributed by atoms with E-state index in [1.54, 1.807) is 0 Å². The van der Waals surface area contributed by atoms with Crippen LogP contribution in [0.2, 0.25) is 0 Å². The highest BCUT2D eigenvalue weighted by molar-refractivity contribution is 7.91. The van der Waals surface area contributed by atoms with E-state index >= 15 is 0 Å². The first kappa shape index (κ1) is 17.4. The SMILES string of the molecule is O=C(Cc1cccc2ccccc12)NNC(=O)C[C@@H]1CCS(=O)(=O)C1. The first-order valence-corrected chi connectivity index (χ1v) is 10.00. The summed E-state index contributed by atoms with van der Waals surface area (Å²) < 4.78 is 22.8. The van der Waals surface area contributed by atoms with Crippen molar-refractivity contribution in [1.82, 2.24) is 10.9 Å². The number of rotatable bonds is 4. The third-order valence-corrected chi connectivity index (χ3v) is 6.21. The molecule has 25 heavy (non-hydrogen) atoms. The molecule has 0 spiro atoms. The molecule has 0 aromatic heterocycles. The monoisotopic (exact) mass is 360 g/mol. The average Bonchev–Trinajstić information content (AvgIpc) is 2.92. The maximum Gasteiger partial charge on any atom is 0.242 e. The van der Waals surface area contributed by atoms with Gasteiger partial charge in [0.05, 0.1) is 17.9 Å². The van der Waals surface area contributed by atoms with Crippen LogP contribution in [0.25, 0.3) is 10.8 Å². The molecule has 6 nitrogen and oxygen atoms in total. The zero-order valence-electron chi connectivity index (χ0n) is 13.7. The number of hydrazine groups is 1. The van der Waals surface area contributed by atoms with Gasteiger partial charge in [0.15, 0.2) is 9.84 Å². The second-order valence-electron chi connectivity index (χ2n) is 6.38. The van der Waals surface area contributed by atoms with Gasteiger partial charge >= 0.3 is 0 Å². The number of amides is 2. The van der Waals surface area contributed by atoms with Gasteiger partial charge in [0.25, 0.3) is 0 Å². The van der Waals surface area contributed by atoms with Gasteiger partial charge in [-0.3, -0.25) is 20.4 Å². The first-order valence-electron chi connectivity index (χ1n) is 8.18. The second kappa shape index (κ2) is 7.23. The molecule has 1 atom stereocenters. The summed E-state index contributed by atoms with van der Waals surface area (Å²) in [5, 5.41) is 2.06. The minimum atomic E-state index is -3.00. The molecule has 0 unspecified atom stereocenters. The van der Waals surface area contributed by atoms with Crippen LogP contribution in [-0.4, -0.2) is 31.7 Å². The van der Waals surface area contributed by atoms with E-state index in [2.05, 4.69) is 10.9 Å². The topological polar surface area (TPSA) is 92.3 Å². The van der Waals surface area contributed by atoms with Crippen molar-refractivity contribution >= 4 is 32.4 Å². The lowest BCUT2D eigenvalue weighted by atomic mass is 10.0. The quantitative estimate of drug-likeness (QED) is 0.805. The van der Waals surface area contributed by atoms with Crippen LogP contribution in [0.3, 0.4) is 0 Å². The number of benzene rings is 2. The highest BCUT2D eigenvalue weighted by Gasteiger charge is 2.29. The van der Waals surface area contributed by atoms with Gasteiger partial charge in [0.2, 0.25) is 11.8 Å². The molecule has 0 aliphatic carbocycles. The molecule has 2 amide bonds. The third kappa shape index (κ3) is 4.57. The van der Waals surface area contributed by atoms with E-state index in [1.807, 2.05) is 42.5 Å². The molecule has 1 saturated heterocycles. The van der Waals surface area contributed by atoms with Crippen LogP contribution >= 0.6 is 0 Å². The number of carbonyl (C=O) groups is 2. The van der Waals surface area contributed by atoms with Crippen LogP contribution in [0.5, 0.6) is 0 Å². The Morgan fingerprint density at radius 1 is 1.00 bits per heavy atom. The van der Waals surface area contributed by atoms with Gasteiger partial charge in [-0.2, -0.15) is 0 Å². The fourth-order valence-electron chi connectivity index (χ4n) is 3.15. The molecule has 0 bridgehead atoms. The van der Waals surface area contributed by atoms with Gasteiger partial charge in [-0.25, -0.2) is 8.42 Å². The van der Waals surface area contributed by atoms with E-state index in [9.17, 15) is 18.0 Å². The fourth-order valence-corrected chi connectivity index (χ4v) is 5.01. The number of hydrogen-bond acceptors (Lipinski definition) is 4. The average molecular weight is 360 g/mol. The largest absolute Gasteiger partial charge is 0.273 e. The lowest BCUT2D eigenvalue weighted by molar-refractivity contribution is -0.129. The summed E-state index contributed by atoms with van der Waals surface area (Å²) in [4.78, 5) is 23.9. The number of fused-ring (bicyclic) bond motifs is 1. The van der Waals surface area contributed by atoms with Crippen molar-refractivity contribution in [3.05, 3.63) is 48.0 Å². The minimum absolute atomic E-state index is 0.0460. The Hall–Kier alpha value is -2.41. The number of hydrogen-bond donors (Lipinski definition) is 2. The second-order valence-corrected chi connectivity index (χ2v) is 8.61. The van der Waals surface area contributed by atoms with Crippen molar-refractivity contribution in [2.45, 2.75) is 19.3 Å². The van der Waals surface area contributed by atoms with E-state index in [4.69, 9.17) is 0 Å². The number of sulfone groups is 1. The molecule has 1 fully saturated rings. The van der Waals surface area contributed by atoms with Crippen LogP contribution in [0.4, 0.5) is 0 Å². The lowest BCUT2D eigenvalue weighted by Gasteiger charge is -2.11. The van der Waals surface area contributed by atoms with Crippen LogP contribution in [0, 0.1) is 5.92 Å². The predicted molar refractivity (Wildman–Crippen MR) is 95.3 cm³/mol. The summed E-state index contributed by atoms with van der Waals surface area (Å²) in [7, 11) is -3.00. The first-order chi connectivity index (χ1) is 11.9. The summed E-state index contributed by atoms with van der Waals surface area (Å²) in [5.41, 5.74) is 5.66. The van der Waals surface area contributed by atoms with E-state index in [-0.39, 0.29) is 42.1 Å².